The van der Waals surface area contributed by atoms with Crippen LogP contribution in [0.25, 0.3) is 11.1 Å². The number of nitrogens with two attached hydrogens (primary N) is 1. The summed E-state index contributed by atoms with van der Waals surface area (Å²) in [5.41, 5.74) is 8.36. The van der Waals surface area contributed by atoms with Crippen LogP contribution in [0.5, 0.6) is 11.5 Å². The Morgan fingerprint density at radius 2 is 1.62 bits per heavy atom. The Morgan fingerprint density at radius 1 is 0.931 bits per heavy atom. The van der Waals surface area contributed by atoms with Crippen molar-refractivity contribution in [1.29, 1.82) is 0 Å². The maximum atomic E-state index is 12.3. The molecule has 2 N–H and O–H groups in total. The third-order valence-electron chi connectivity index (χ3n) is 5.23. The number of guanidine groups is 1. The molecule has 1 atom stereocenters. The van der Waals surface area contributed by atoms with E-state index in [9.17, 15) is 4.79 Å². The molecule has 1 heterocycles. The fraction of sp³-hybridized carbons (Fsp3) is 0.167. The van der Waals surface area contributed by atoms with Crippen LogP contribution in [0.3, 0.4) is 0 Å². The lowest BCUT2D eigenvalue weighted by Crippen LogP contribution is -2.47. The van der Waals surface area contributed by atoms with Crippen LogP contribution in [0.1, 0.15) is 18.9 Å². The van der Waals surface area contributed by atoms with Crippen LogP contribution in [0.2, 0.25) is 0 Å². The molecule has 5 nitrogen and oxygen atoms in total. The number of para-hydroxylation sites is 1. The van der Waals surface area contributed by atoms with E-state index in [4.69, 9.17) is 10.5 Å². The molecule has 5 heteroatoms. The molecule has 1 unspecified atom stereocenters. The summed E-state index contributed by atoms with van der Waals surface area (Å²) in [7, 11) is 1.65. The topological polar surface area (TPSA) is 67.9 Å². The van der Waals surface area contributed by atoms with Gasteiger partial charge in [0.15, 0.2) is 5.96 Å². The zero-order valence-electron chi connectivity index (χ0n) is 16.5. The van der Waals surface area contributed by atoms with Crippen molar-refractivity contribution >= 4 is 11.9 Å². The van der Waals surface area contributed by atoms with E-state index in [1.807, 2.05) is 79.7 Å². The van der Waals surface area contributed by atoms with E-state index < -0.39 is 5.54 Å². The minimum atomic E-state index is -0.667. The molecule has 29 heavy (non-hydrogen) atoms. The van der Waals surface area contributed by atoms with E-state index in [2.05, 4.69) is 11.1 Å². The first-order chi connectivity index (χ1) is 13.9. The normalized spacial score (nSPS) is 19.0. The smallest absolute Gasteiger partial charge is 0.231 e. The summed E-state index contributed by atoms with van der Waals surface area (Å²) in [6.45, 7) is 1.95. The standard InChI is InChI=1S/C24H23N3O2/c1-24(16-22(28)27(2)23(25)26-24)19-8-6-7-18(15-19)17-11-13-21(14-12-17)29-20-9-4-3-5-10-20/h3-15H,16H2,1-2H3,(H2,25,26). The Balaban J connectivity index is 1.60. The Morgan fingerprint density at radius 3 is 2.31 bits per heavy atom. The third kappa shape index (κ3) is 3.85. The van der Waals surface area contributed by atoms with Gasteiger partial charge in [0.1, 0.15) is 11.5 Å². The molecule has 0 fully saturated rings. The molecule has 146 valence electrons. The molecule has 0 bridgehead atoms. The lowest BCUT2D eigenvalue weighted by atomic mass is 9.86. The molecule has 4 rings (SSSR count). The number of ether oxygens (including phenoxy) is 1. The maximum Gasteiger partial charge on any atom is 0.231 e. The van der Waals surface area contributed by atoms with Crippen molar-refractivity contribution in [2.45, 2.75) is 18.9 Å². The maximum absolute atomic E-state index is 12.3. The lowest BCUT2D eigenvalue weighted by molar-refractivity contribution is -0.128. The van der Waals surface area contributed by atoms with Crippen molar-refractivity contribution in [3.05, 3.63) is 84.4 Å². The monoisotopic (exact) mass is 385 g/mol. The number of nitrogens with zero attached hydrogens (tertiary/aromatic N) is 2. The molecule has 0 spiro atoms. The van der Waals surface area contributed by atoms with Crippen molar-refractivity contribution in [2.24, 2.45) is 10.7 Å². The summed E-state index contributed by atoms with van der Waals surface area (Å²) in [6.07, 6.45) is 0.289. The van der Waals surface area contributed by atoms with Gasteiger partial charge in [0.25, 0.3) is 0 Å². The van der Waals surface area contributed by atoms with Crippen LogP contribution in [0.4, 0.5) is 0 Å². The number of rotatable bonds is 4. The van der Waals surface area contributed by atoms with Gasteiger partial charge in [-0.1, -0.05) is 48.5 Å². The summed E-state index contributed by atoms with van der Waals surface area (Å²) < 4.78 is 5.86. The molecule has 0 saturated carbocycles. The largest absolute Gasteiger partial charge is 0.457 e. The van der Waals surface area contributed by atoms with Crippen LogP contribution in [0, 0.1) is 0 Å². The van der Waals surface area contributed by atoms with Crippen LogP contribution in [-0.2, 0) is 10.3 Å². The predicted octanol–water partition coefficient (Wildman–Crippen LogP) is 4.54. The minimum Gasteiger partial charge on any atom is -0.457 e. The molecule has 0 aromatic heterocycles. The highest BCUT2D eigenvalue weighted by molar-refractivity contribution is 5.98. The highest BCUT2D eigenvalue weighted by Crippen LogP contribution is 2.35. The molecule has 1 amide bonds. The van der Waals surface area contributed by atoms with E-state index in [0.717, 1.165) is 28.2 Å². The average Bonchev–Trinajstić information content (AvgIpc) is 2.73. The summed E-state index contributed by atoms with van der Waals surface area (Å²) in [5.74, 6) is 1.79. The van der Waals surface area contributed by atoms with Crippen LogP contribution in [0.15, 0.2) is 83.9 Å². The second kappa shape index (κ2) is 7.43. The Bertz CT molecular complexity index is 1060. The van der Waals surface area contributed by atoms with Gasteiger partial charge in [-0.25, -0.2) is 4.99 Å². The van der Waals surface area contributed by atoms with E-state index in [-0.39, 0.29) is 18.3 Å². The molecule has 0 aliphatic carbocycles. The second-order valence-corrected chi connectivity index (χ2v) is 7.39. The van der Waals surface area contributed by atoms with Gasteiger partial charge in [0.05, 0.1) is 12.0 Å². The zero-order valence-corrected chi connectivity index (χ0v) is 16.5. The summed E-state index contributed by atoms with van der Waals surface area (Å²) in [6, 6.07) is 25.7. The van der Waals surface area contributed by atoms with E-state index in [0.29, 0.717) is 0 Å². The molecule has 1 aliphatic rings. The van der Waals surface area contributed by atoms with E-state index >= 15 is 0 Å². The van der Waals surface area contributed by atoms with E-state index in [1.165, 1.54) is 4.90 Å². The van der Waals surface area contributed by atoms with Gasteiger partial charge in [-0.15, -0.1) is 0 Å². The van der Waals surface area contributed by atoms with Gasteiger partial charge in [-0.05, 0) is 53.9 Å². The van der Waals surface area contributed by atoms with Gasteiger partial charge in [0.2, 0.25) is 5.91 Å². The Labute approximate surface area is 170 Å². The summed E-state index contributed by atoms with van der Waals surface area (Å²) >= 11 is 0. The number of hydrogen-bond donors (Lipinski definition) is 1. The van der Waals surface area contributed by atoms with Crippen molar-refractivity contribution in [2.75, 3.05) is 7.05 Å². The van der Waals surface area contributed by atoms with Gasteiger partial charge in [-0.2, -0.15) is 0 Å². The highest BCUT2D eigenvalue weighted by Gasteiger charge is 2.36. The first-order valence-electron chi connectivity index (χ1n) is 9.50. The number of amides is 1. The fourth-order valence-corrected chi connectivity index (χ4v) is 3.45. The molecule has 3 aromatic carbocycles. The van der Waals surface area contributed by atoms with E-state index in [1.54, 1.807) is 7.05 Å². The molecular formula is C24H23N3O2. The Hall–Kier alpha value is -3.60. The number of carbonyl (C=O) groups excluding carboxylic acids is 1. The summed E-state index contributed by atoms with van der Waals surface area (Å²) in [5, 5.41) is 0. The van der Waals surface area contributed by atoms with Gasteiger partial charge in [-0.3, -0.25) is 9.69 Å². The van der Waals surface area contributed by atoms with Crippen LogP contribution in [-0.4, -0.2) is 23.8 Å². The molecule has 0 radical (unpaired) electrons. The highest BCUT2D eigenvalue weighted by atomic mass is 16.5. The predicted molar refractivity (Wildman–Crippen MR) is 115 cm³/mol. The number of hydrogen-bond acceptors (Lipinski definition) is 4. The van der Waals surface area contributed by atoms with Crippen molar-refractivity contribution in [3.63, 3.8) is 0 Å². The number of carbonyl (C=O) groups is 1. The third-order valence-corrected chi connectivity index (χ3v) is 5.23. The molecular weight excluding hydrogens is 362 g/mol. The Kier molecular flexibility index (Phi) is 4.80. The zero-order chi connectivity index (χ0) is 20.4. The SMILES string of the molecule is CN1C(=O)CC(C)(c2cccc(-c3ccc(Oc4ccccc4)cc3)c2)N=C1N. The van der Waals surface area contributed by atoms with Gasteiger partial charge < -0.3 is 10.5 Å². The average molecular weight is 385 g/mol. The number of benzene rings is 3. The van der Waals surface area contributed by atoms with Crippen LogP contribution >= 0.6 is 0 Å². The summed E-state index contributed by atoms with van der Waals surface area (Å²) in [4.78, 5) is 18.3. The first-order valence-corrected chi connectivity index (χ1v) is 9.50. The fourth-order valence-electron chi connectivity index (χ4n) is 3.45. The number of aliphatic imine (C=N–C) groups is 1. The van der Waals surface area contributed by atoms with Gasteiger partial charge in [0, 0.05) is 7.05 Å². The molecule has 3 aromatic rings. The van der Waals surface area contributed by atoms with Crippen molar-refractivity contribution < 1.29 is 9.53 Å². The van der Waals surface area contributed by atoms with Crippen molar-refractivity contribution in [3.8, 4) is 22.6 Å². The second-order valence-electron chi connectivity index (χ2n) is 7.39. The lowest BCUT2D eigenvalue weighted by Gasteiger charge is -2.33. The minimum absolute atomic E-state index is 0.0344. The van der Waals surface area contributed by atoms with Crippen LogP contribution < -0.4 is 10.5 Å². The van der Waals surface area contributed by atoms with Crippen molar-refractivity contribution in [1.82, 2.24) is 4.90 Å². The first kappa shape index (κ1) is 18.7. The molecule has 0 saturated heterocycles. The quantitative estimate of drug-likeness (QED) is 0.717. The van der Waals surface area contributed by atoms with Gasteiger partial charge >= 0.3 is 0 Å². The molecule has 1 aliphatic heterocycles.